The SMILES string of the molecule is CCNc1nc(N(C)C)c2c(n1)N1CCC[C@H]1CN(c1cccc(-c3nn(C)c(=O)o3)c1)C2=O. The molecule has 0 aliphatic carbocycles. The summed E-state index contributed by atoms with van der Waals surface area (Å²) in [5, 5.41) is 7.35. The monoisotopic (exact) mass is 464 g/mol. The predicted octanol–water partition coefficient (Wildman–Crippen LogP) is 1.96. The number of carbonyl (C=O) groups is 1. The molecule has 0 bridgehead atoms. The van der Waals surface area contributed by atoms with Gasteiger partial charge in [-0.15, -0.1) is 5.10 Å². The van der Waals surface area contributed by atoms with Crippen LogP contribution in [0.2, 0.25) is 0 Å². The highest BCUT2D eigenvalue weighted by Crippen LogP contribution is 2.38. The molecule has 11 nitrogen and oxygen atoms in total. The molecule has 1 fully saturated rings. The number of anilines is 4. The highest BCUT2D eigenvalue weighted by atomic mass is 16.4. The molecule has 0 spiro atoms. The lowest BCUT2D eigenvalue weighted by Crippen LogP contribution is -2.39. The average Bonchev–Trinajstić information content (AvgIpc) is 3.40. The van der Waals surface area contributed by atoms with Crippen LogP contribution < -0.4 is 25.8 Å². The van der Waals surface area contributed by atoms with Crippen molar-refractivity contribution in [2.75, 3.05) is 53.7 Å². The van der Waals surface area contributed by atoms with Gasteiger partial charge < -0.3 is 24.4 Å². The van der Waals surface area contributed by atoms with Crippen LogP contribution in [0.5, 0.6) is 0 Å². The summed E-state index contributed by atoms with van der Waals surface area (Å²) in [5.74, 6) is 1.30. The van der Waals surface area contributed by atoms with E-state index in [2.05, 4.69) is 20.3 Å². The molecule has 2 aliphatic heterocycles. The third-order valence-electron chi connectivity index (χ3n) is 6.22. The first kappa shape index (κ1) is 21.9. The molecule has 2 aromatic heterocycles. The summed E-state index contributed by atoms with van der Waals surface area (Å²) in [7, 11) is 5.30. The fraction of sp³-hybridized carbons (Fsp3) is 0.435. The minimum absolute atomic E-state index is 0.140. The number of hydrogen-bond acceptors (Lipinski definition) is 9. The van der Waals surface area contributed by atoms with E-state index in [9.17, 15) is 9.59 Å². The van der Waals surface area contributed by atoms with E-state index in [1.807, 2.05) is 50.2 Å². The lowest BCUT2D eigenvalue weighted by atomic mass is 10.1. The smallest absolute Gasteiger partial charge is 0.388 e. The first-order chi connectivity index (χ1) is 16.4. The summed E-state index contributed by atoms with van der Waals surface area (Å²) in [4.78, 5) is 41.1. The van der Waals surface area contributed by atoms with Gasteiger partial charge in [0, 0.05) is 58.1 Å². The highest BCUT2D eigenvalue weighted by Gasteiger charge is 2.39. The molecular weight excluding hydrogens is 436 g/mol. The van der Waals surface area contributed by atoms with Crippen LogP contribution in [0.1, 0.15) is 30.1 Å². The Balaban J connectivity index is 1.64. The minimum atomic E-state index is -0.536. The fourth-order valence-electron chi connectivity index (χ4n) is 4.62. The van der Waals surface area contributed by atoms with Gasteiger partial charge in [-0.2, -0.15) is 14.6 Å². The Labute approximate surface area is 197 Å². The van der Waals surface area contributed by atoms with Crippen molar-refractivity contribution in [3.8, 4) is 11.5 Å². The molecule has 1 saturated heterocycles. The van der Waals surface area contributed by atoms with Crippen molar-refractivity contribution in [3.63, 3.8) is 0 Å². The molecule has 3 aromatic rings. The van der Waals surface area contributed by atoms with Gasteiger partial charge in [-0.1, -0.05) is 6.07 Å². The minimum Gasteiger partial charge on any atom is -0.388 e. The van der Waals surface area contributed by atoms with Gasteiger partial charge in [-0.25, -0.2) is 4.79 Å². The summed E-state index contributed by atoms with van der Waals surface area (Å²) in [6, 6.07) is 7.50. The second kappa shape index (κ2) is 8.47. The largest absolute Gasteiger partial charge is 0.437 e. The number of nitrogens with zero attached hydrogens (tertiary/aromatic N) is 7. The summed E-state index contributed by atoms with van der Waals surface area (Å²) in [6.07, 6.45) is 2.00. The van der Waals surface area contributed by atoms with Crippen molar-refractivity contribution in [2.24, 2.45) is 7.05 Å². The molecule has 0 unspecified atom stereocenters. The molecule has 34 heavy (non-hydrogen) atoms. The Hall–Kier alpha value is -3.89. The normalized spacial score (nSPS) is 17.4. The number of fused-ring (bicyclic) bond motifs is 3. The molecule has 1 N–H and O–H groups in total. The van der Waals surface area contributed by atoms with Gasteiger partial charge in [0.05, 0.1) is 0 Å². The van der Waals surface area contributed by atoms with E-state index in [1.165, 1.54) is 7.05 Å². The van der Waals surface area contributed by atoms with Gasteiger partial charge in [-0.05, 0) is 38.0 Å². The molecule has 1 amide bonds. The number of aromatic nitrogens is 4. The zero-order valence-corrected chi connectivity index (χ0v) is 19.8. The first-order valence-corrected chi connectivity index (χ1v) is 11.4. The quantitative estimate of drug-likeness (QED) is 0.605. The second-order valence-electron chi connectivity index (χ2n) is 8.75. The molecule has 1 atom stereocenters. The highest BCUT2D eigenvalue weighted by molar-refractivity contribution is 6.13. The zero-order chi connectivity index (χ0) is 24.0. The third kappa shape index (κ3) is 3.66. The molecular formula is C23H28N8O3. The van der Waals surface area contributed by atoms with Gasteiger partial charge in [0.2, 0.25) is 11.8 Å². The van der Waals surface area contributed by atoms with E-state index >= 15 is 0 Å². The number of carbonyl (C=O) groups excluding carboxylic acids is 1. The number of aryl methyl sites for hydroxylation is 1. The van der Waals surface area contributed by atoms with E-state index in [1.54, 1.807) is 4.90 Å². The average molecular weight is 465 g/mol. The lowest BCUT2D eigenvalue weighted by molar-refractivity contribution is 0.0988. The second-order valence-corrected chi connectivity index (χ2v) is 8.75. The lowest BCUT2D eigenvalue weighted by Gasteiger charge is -2.27. The van der Waals surface area contributed by atoms with Crippen molar-refractivity contribution >= 4 is 29.2 Å². The van der Waals surface area contributed by atoms with Crippen LogP contribution in [0, 0.1) is 0 Å². The van der Waals surface area contributed by atoms with Gasteiger partial charge in [0.1, 0.15) is 17.2 Å². The van der Waals surface area contributed by atoms with Crippen LogP contribution in [-0.2, 0) is 7.05 Å². The van der Waals surface area contributed by atoms with E-state index in [0.29, 0.717) is 47.5 Å². The number of hydrogen-bond donors (Lipinski definition) is 1. The van der Waals surface area contributed by atoms with Crippen molar-refractivity contribution in [1.82, 2.24) is 19.7 Å². The van der Waals surface area contributed by atoms with Crippen LogP contribution in [0.3, 0.4) is 0 Å². The summed E-state index contributed by atoms with van der Waals surface area (Å²) in [6.45, 7) is 4.04. The first-order valence-electron chi connectivity index (χ1n) is 11.4. The molecule has 178 valence electrons. The standard InChI is InChI=1S/C23H28N8O3/c1-5-24-22-25-18(28(2)3)17-19(26-22)30-11-7-10-16(30)13-31(21(17)32)15-9-6-8-14(12-15)20-27-29(4)23(33)34-20/h6,8-9,12,16H,5,7,10-11,13H2,1-4H3,(H,24,25,26)/t16-/m0/s1. The molecule has 11 heteroatoms. The van der Waals surface area contributed by atoms with Gasteiger partial charge in [0.15, 0.2) is 0 Å². The van der Waals surface area contributed by atoms with Crippen molar-refractivity contribution in [1.29, 1.82) is 0 Å². The maximum Gasteiger partial charge on any atom is 0.437 e. The number of nitrogens with one attached hydrogen (secondary N) is 1. The molecule has 2 aliphatic rings. The summed E-state index contributed by atoms with van der Waals surface area (Å²) < 4.78 is 6.40. The maximum absolute atomic E-state index is 14.0. The Bertz CT molecular complexity index is 1300. The topological polar surface area (TPSA) is 113 Å². The molecule has 1 aromatic carbocycles. The van der Waals surface area contributed by atoms with Crippen LogP contribution in [0.4, 0.5) is 23.3 Å². The van der Waals surface area contributed by atoms with Gasteiger partial charge in [-0.3, -0.25) is 4.79 Å². The summed E-state index contributed by atoms with van der Waals surface area (Å²) in [5.41, 5.74) is 1.82. The molecule has 5 rings (SSSR count). The zero-order valence-electron chi connectivity index (χ0n) is 19.8. The van der Waals surface area contributed by atoms with Crippen LogP contribution in [0.15, 0.2) is 33.5 Å². The Kier molecular flexibility index (Phi) is 5.46. The van der Waals surface area contributed by atoms with E-state index < -0.39 is 5.76 Å². The summed E-state index contributed by atoms with van der Waals surface area (Å²) >= 11 is 0. The van der Waals surface area contributed by atoms with Crippen LogP contribution >= 0.6 is 0 Å². The fourth-order valence-corrected chi connectivity index (χ4v) is 4.62. The molecule has 4 heterocycles. The molecule has 0 radical (unpaired) electrons. The number of benzene rings is 1. The van der Waals surface area contributed by atoms with Crippen molar-refractivity contribution in [2.45, 2.75) is 25.8 Å². The Morgan fingerprint density at radius 1 is 1.24 bits per heavy atom. The Morgan fingerprint density at radius 2 is 2.06 bits per heavy atom. The number of rotatable bonds is 5. The maximum atomic E-state index is 14.0. The van der Waals surface area contributed by atoms with Crippen LogP contribution in [0.25, 0.3) is 11.5 Å². The predicted molar refractivity (Wildman–Crippen MR) is 130 cm³/mol. The van der Waals surface area contributed by atoms with Crippen molar-refractivity contribution in [3.05, 3.63) is 40.4 Å². The van der Waals surface area contributed by atoms with Gasteiger partial charge in [0.25, 0.3) is 5.91 Å². The van der Waals surface area contributed by atoms with Gasteiger partial charge >= 0.3 is 5.76 Å². The van der Waals surface area contributed by atoms with E-state index in [-0.39, 0.29) is 17.8 Å². The number of amides is 1. The van der Waals surface area contributed by atoms with E-state index in [0.717, 1.165) is 24.1 Å². The Morgan fingerprint density at radius 3 is 2.76 bits per heavy atom. The third-order valence-corrected chi connectivity index (χ3v) is 6.22. The van der Waals surface area contributed by atoms with Crippen LogP contribution in [-0.4, -0.2) is 65.4 Å². The van der Waals surface area contributed by atoms with Crippen molar-refractivity contribution < 1.29 is 9.21 Å². The van der Waals surface area contributed by atoms with E-state index in [4.69, 9.17) is 9.40 Å². The molecule has 0 saturated carbocycles.